The van der Waals surface area contributed by atoms with Gasteiger partial charge in [0.05, 0.1) is 12.6 Å². The van der Waals surface area contributed by atoms with Crippen LogP contribution in [0.2, 0.25) is 0 Å². The third-order valence-electron chi connectivity index (χ3n) is 5.86. The average Bonchev–Trinajstić information content (AvgIpc) is 3.32. The Morgan fingerprint density at radius 1 is 1.03 bits per heavy atom. The lowest BCUT2D eigenvalue weighted by molar-refractivity contribution is -0.121. The molecule has 0 unspecified atom stereocenters. The van der Waals surface area contributed by atoms with Crippen molar-refractivity contribution in [2.75, 3.05) is 12.0 Å². The highest BCUT2D eigenvalue weighted by Crippen LogP contribution is 2.39. The van der Waals surface area contributed by atoms with Gasteiger partial charge in [-0.05, 0) is 37.1 Å². The van der Waals surface area contributed by atoms with Crippen molar-refractivity contribution in [1.29, 1.82) is 0 Å². The number of aromatic nitrogens is 3. The molecule has 0 saturated heterocycles. The normalized spacial score (nSPS) is 16.7. The van der Waals surface area contributed by atoms with E-state index in [9.17, 15) is 4.79 Å². The number of benzene rings is 3. The molecular formula is C27H27N5O2S. The monoisotopic (exact) mass is 485 g/mol. The summed E-state index contributed by atoms with van der Waals surface area (Å²) in [7, 11) is 0. The van der Waals surface area contributed by atoms with Gasteiger partial charge in [-0.3, -0.25) is 4.79 Å². The van der Waals surface area contributed by atoms with Crippen molar-refractivity contribution in [1.82, 2.24) is 20.2 Å². The lowest BCUT2D eigenvalue weighted by Gasteiger charge is -2.33. The zero-order chi connectivity index (χ0) is 24.2. The highest BCUT2D eigenvalue weighted by molar-refractivity contribution is 8.00. The van der Waals surface area contributed by atoms with E-state index < -0.39 is 5.25 Å². The first-order chi connectivity index (χ1) is 17.1. The van der Waals surface area contributed by atoms with Gasteiger partial charge in [-0.1, -0.05) is 84.1 Å². The van der Waals surface area contributed by atoms with Gasteiger partial charge >= 0.3 is 0 Å². The molecule has 0 saturated carbocycles. The number of nitrogens with one attached hydrogen (secondary N) is 2. The van der Waals surface area contributed by atoms with Gasteiger partial charge in [0.15, 0.2) is 5.82 Å². The maximum absolute atomic E-state index is 13.4. The molecule has 0 radical (unpaired) electrons. The zero-order valence-corrected chi connectivity index (χ0v) is 20.5. The summed E-state index contributed by atoms with van der Waals surface area (Å²) < 4.78 is 7.49. The van der Waals surface area contributed by atoms with E-state index in [-0.39, 0.29) is 11.9 Å². The number of aryl methyl sites for hydroxylation is 1. The Balaban J connectivity index is 1.44. The van der Waals surface area contributed by atoms with Crippen LogP contribution >= 0.6 is 11.8 Å². The Labute approximate surface area is 208 Å². The van der Waals surface area contributed by atoms with Gasteiger partial charge in [0.1, 0.15) is 11.0 Å². The fourth-order valence-electron chi connectivity index (χ4n) is 4.01. The highest BCUT2D eigenvalue weighted by Gasteiger charge is 2.38. The molecule has 7 nitrogen and oxygen atoms in total. The quantitative estimate of drug-likeness (QED) is 0.394. The van der Waals surface area contributed by atoms with Crippen molar-refractivity contribution in [2.24, 2.45) is 0 Å². The molecule has 0 fully saturated rings. The van der Waals surface area contributed by atoms with Gasteiger partial charge in [0.2, 0.25) is 11.1 Å². The van der Waals surface area contributed by atoms with Crippen molar-refractivity contribution in [3.63, 3.8) is 0 Å². The van der Waals surface area contributed by atoms with Crippen molar-refractivity contribution >= 4 is 17.7 Å². The molecule has 1 aliphatic rings. The van der Waals surface area contributed by atoms with Gasteiger partial charge < -0.3 is 15.5 Å². The molecule has 8 heteroatoms. The number of rotatable bonds is 7. The van der Waals surface area contributed by atoms with Gasteiger partial charge in [-0.25, -0.2) is 4.68 Å². The number of thioether (sulfide) groups is 1. The van der Waals surface area contributed by atoms with Crippen LogP contribution in [0.15, 0.2) is 84.0 Å². The molecule has 2 N–H and O–H groups in total. The molecule has 35 heavy (non-hydrogen) atoms. The summed E-state index contributed by atoms with van der Waals surface area (Å²) in [6.45, 7) is 5.08. The van der Waals surface area contributed by atoms with Crippen LogP contribution in [0.25, 0.3) is 11.4 Å². The highest BCUT2D eigenvalue weighted by atomic mass is 32.2. The summed E-state index contributed by atoms with van der Waals surface area (Å²) in [5, 5.41) is 12.1. The number of carbonyl (C=O) groups excluding carboxylic acids is 1. The number of fused-ring (bicyclic) bond motifs is 1. The van der Waals surface area contributed by atoms with E-state index in [1.807, 2.05) is 85.3 Å². The van der Waals surface area contributed by atoms with Gasteiger partial charge in [-0.2, -0.15) is 0 Å². The van der Waals surface area contributed by atoms with Crippen LogP contribution in [-0.2, 0) is 11.3 Å². The lowest BCUT2D eigenvalue weighted by Crippen LogP contribution is -2.43. The van der Waals surface area contributed by atoms with Crippen LogP contribution in [0.4, 0.5) is 0 Å². The minimum atomic E-state index is -0.432. The maximum atomic E-state index is 13.4. The van der Waals surface area contributed by atoms with Crippen LogP contribution in [0, 0.1) is 6.92 Å². The summed E-state index contributed by atoms with van der Waals surface area (Å²) in [5.41, 5.74) is 7.70. The Morgan fingerprint density at radius 3 is 2.49 bits per heavy atom. The van der Waals surface area contributed by atoms with Crippen molar-refractivity contribution in [3.05, 3.63) is 95.6 Å². The summed E-state index contributed by atoms with van der Waals surface area (Å²) in [6, 6.07) is 25.7. The van der Waals surface area contributed by atoms with E-state index in [2.05, 4.69) is 33.1 Å². The van der Waals surface area contributed by atoms with E-state index in [1.165, 1.54) is 17.3 Å². The second-order valence-electron chi connectivity index (χ2n) is 8.36. The molecule has 5 rings (SSSR count). The average molecular weight is 486 g/mol. The molecular weight excluding hydrogens is 458 g/mol. The summed E-state index contributed by atoms with van der Waals surface area (Å²) in [6.07, 6.45) is 0. The Hall–Kier alpha value is -3.78. The van der Waals surface area contributed by atoms with E-state index in [0.717, 1.165) is 22.4 Å². The Kier molecular flexibility index (Phi) is 6.72. The van der Waals surface area contributed by atoms with Crippen LogP contribution in [0.1, 0.15) is 29.7 Å². The predicted molar refractivity (Wildman–Crippen MR) is 138 cm³/mol. The summed E-state index contributed by atoms with van der Waals surface area (Å²) in [5.74, 6) is 1.45. The SMILES string of the molecule is CCOc1ccc([C@@H]2Nn3c(nnc3-c3ccccc3)S[C@@H]2C(=O)NCc2ccc(C)cc2)cc1. The van der Waals surface area contributed by atoms with E-state index in [4.69, 9.17) is 4.74 Å². The standard InChI is InChI=1S/C27H27N5O2S/c1-3-34-22-15-13-20(14-16-22)23-24(26(33)28-17-19-11-9-18(2)10-12-19)35-27-30-29-25(32(27)31-23)21-7-5-4-6-8-21/h4-16,23-24,31H,3,17H2,1-2H3,(H,28,33)/t23-,24-/m0/s1. The Morgan fingerprint density at radius 2 is 1.77 bits per heavy atom. The van der Waals surface area contributed by atoms with E-state index >= 15 is 0 Å². The fraction of sp³-hybridized carbons (Fsp3) is 0.222. The van der Waals surface area contributed by atoms with E-state index in [1.54, 1.807) is 0 Å². The van der Waals surface area contributed by atoms with Crippen LogP contribution in [0.5, 0.6) is 5.75 Å². The smallest absolute Gasteiger partial charge is 0.236 e. The van der Waals surface area contributed by atoms with Crippen molar-refractivity contribution < 1.29 is 9.53 Å². The lowest BCUT2D eigenvalue weighted by atomic mass is 10.0. The first-order valence-corrected chi connectivity index (χ1v) is 12.5. The molecule has 0 aliphatic carbocycles. The van der Waals surface area contributed by atoms with Crippen LogP contribution in [0.3, 0.4) is 0 Å². The van der Waals surface area contributed by atoms with Crippen LogP contribution in [-0.4, -0.2) is 32.6 Å². The predicted octanol–water partition coefficient (Wildman–Crippen LogP) is 4.73. The second kappa shape index (κ2) is 10.2. The molecule has 2 heterocycles. The second-order valence-corrected chi connectivity index (χ2v) is 9.47. The third-order valence-corrected chi connectivity index (χ3v) is 7.08. The molecule has 1 amide bonds. The Bertz CT molecular complexity index is 1290. The van der Waals surface area contributed by atoms with Gasteiger partial charge in [0.25, 0.3) is 0 Å². The molecule has 0 bridgehead atoms. The molecule has 0 spiro atoms. The molecule has 1 aromatic heterocycles. The van der Waals surface area contributed by atoms with Gasteiger partial charge in [0, 0.05) is 12.1 Å². The molecule has 4 aromatic rings. The summed E-state index contributed by atoms with van der Waals surface area (Å²) >= 11 is 1.42. The zero-order valence-electron chi connectivity index (χ0n) is 19.6. The number of nitrogens with zero attached hydrogens (tertiary/aromatic N) is 3. The third kappa shape index (κ3) is 5.02. The number of hydrogen-bond acceptors (Lipinski definition) is 6. The number of carbonyl (C=O) groups is 1. The molecule has 2 atom stereocenters. The summed E-state index contributed by atoms with van der Waals surface area (Å²) in [4.78, 5) is 13.4. The van der Waals surface area contributed by atoms with Crippen LogP contribution < -0.4 is 15.5 Å². The maximum Gasteiger partial charge on any atom is 0.236 e. The molecule has 1 aliphatic heterocycles. The largest absolute Gasteiger partial charge is 0.494 e. The molecule has 178 valence electrons. The topological polar surface area (TPSA) is 81.1 Å². The molecule has 3 aromatic carbocycles. The van der Waals surface area contributed by atoms with Crippen molar-refractivity contribution in [3.8, 4) is 17.1 Å². The first-order valence-electron chi connectivity index (χ1n) is 11.6. The van der Waals surface area contributed by atoms with Gasteiger partial charge in [-0.15, -0.1) is 10.2 Å². The minimum absolute atomic E-state index is 0.0579. The van der Waals surface area contributed by atoms with Crippen molar-refractivity contribution in [2.45, 2.75) is 36.8 Å². The number of amides is 1. The minimum Gasteiger partial charge on any atom is -0.494 e. The first kappa shape index (κ1) is 23.0. The number of ether oxygens (including phenoxy) is 1. The fourth-order valence-corrected chi connectivity index (χ4v) is 5.12. The number of hydrogen-bond donors (Lipinski definition) is 2. The van der Waals surface area contributed by atoms with E-state index in [0.29, 0.717) is 24.1 Å².